The van der Waals surface area contributed by atoms with Crippen molar-refractivity contribution in [2.75, 3.05) is 69.5 Å². The molecule has 0 amide bonds. The predicted octanol–water partition coefficient (Wildman–Crippen LogP) is 16.8. The largest absolute Gasteiger partial charge is 0.354 e. The standard InChI is InChI=1S/C92H176N18O2/c1-77(2)49-65(50-78(3,4)97(77)33)105(73-47-75(95-109(93-73)111-71-61-89(25,26)103(39)90(27,28)62-71)107(67-53-81(9,10)99(35)82(11,12)54-67)68-55-83(13,14)100(36)84(15,16)56-68)45-43-41-42-44-46-106(66-51-79(5,6)98(34)80(7,8)52-66)74-48-76(96-110(94-74)112-72-63-91(29,30)104(40)92(31,32)64-72)108(69-57-85(17,18)101(37)86(19,20)58-69)70-59-87(21,22)102(38)88(23,24)60-70/h47-48,65-72,93-94H,41-46,49-64H2,1-40H3. The highest BCUT2D eigenvalue weighted by Crippen LogP contribution is 2.51. The first-order valence-corrected chi connectivity index (χ1v) is 44.7. The Morgan fingerprint density at radius 1 is 0.268 bits per heavy atom. The predicted molar refractivity (Wildman–Crippen MR) is 470 cm³/mol. The number of nitrogens with one attached hydrogen (secondary N) is 2. The van der Waals surface area contributed by atoms with Gasteiger partial charge in [-0.1, -0.05) is 23.4 Å². The van der Waals surface area contributed by atoms with E-state index in [0.29, 0.717) is 0 Å². The van der Waals surface area contributed by atoms with E-state index < -0.39 is 0 Å². The van der Waals surface area contributed by atoms with Gasteiger partial charge < -0.3 is 19.6 Å². The lowest BCUT2D eigenvalue weighted by atomic mass is 9.73. The SMILES string of the molecule is CN1C(C)(C)CC(ON2N=C(N(C3CC(C)(C)N(C)C(C)(C)C3)C3CC(C)(C)N(C)C(C)(C)C3)C=C(N(CCCCCCN(C3=CC(N(C4CC(C)(C)N(C)C(C)(C)C4)C4CC(C)(C)N(C)C(C)(C)C4)=NN(OC4CC(C)(C)N(C)C(C)(C)C4)N3)C3CC(C)(C)N(C)C(C)(C)C3)C3CC(C)(C)N(C)C(C)(C)C3)N2)CC1(C)C. The van der Waals surface area contributed by atoms with E-state index >= 15 is 0 Å². The van der Waals surface area contributed by atoms with Crippen molar-refractivity contribution in [3.63, 3.8) is 0 Å². The third kappa shape index (κ3) is 18.6. The fraction of sp³-hybridized carbons (Fsp3) is 0.935. The van der Waals surface area contributed by atoms with E-state index in [1.165, 1.54) is 0 Å². The molecule has 20 nitrogen and oxygen atoms in total. The molecule has 646 valence electrons. The van der Waals surface area contributed by atoms with Gasteiger partial charge in [0.1, 0.15) is 11.6 Å². The normalized spacial score (nSPS) is 30.2. The summed E-state index contributed by atoms with van der Waals surface area (Å²) in [6.07, 6.45) is 25.2. The average Bonchev–Trinajstić information content (AvgIpc) is 0.529. The Kier molecular flexibility index (Phi) is 24.8. The number of hydrazine groups is 2. The van der Waals surface area contributed by atoms with Crippen LogP contribution in [0.25, 0.3) is 0 Å². The second-order valence-electron chi connectivity index (χ2n) is 48.5. The van der Waals surface area contributed by atoms with Gasteiger partial charge in [0.15, 0.2) is 11.7 Å². The van der Waals surface area contributed by atoms with Crippen LogP contribution in [0.4, 0.5) is 0 Å². The van der Waals surface area contributed by atoms with Crippen LogP contribution in [0.1, 0.15) is 350 Å². The monoisotopic (exact) mass is 1570 g/mol. The van der Waals surface area contributed by atoms with Gasteiger partial charge in [-0.25, -0.2) is 20.5 Å². The molecular weight excluding hydrogens is 1390 g/mol. The number of piperidine rings is 8. The summed E-state index contributed by atoms with van der Waals surface area (Å²) in [4.78, 5) is 47.5. The molecule has 0 bridgehead atoms. The van der Waals surface area contributed by atoms with Gasteiger partial charge in [-0.05, 0) is 394 Å². The van der Waals surface area contributed by atoms with Crippen molar-refractivity contribution in [1.29, 1.82) is 0 Å². The number of hydrazone groups is 2. The molecule has 10 heterocycles. The highest BCUT2D eigenvalue weighted by atomic mass is 16.8. The van der Waals surface area contributed by atoms with Crippen molar-refractivity contribution in [2.24, 2.45) is 10.2 Å². The number of amidine groups is 2. The molecule has 10 aliphatic heterocycles. The molecule has 0 saturated carbocycles. The molecular formula is C92H176N18O2. The van der Waals surface area contributed by atoms with E-state index in [1.807, 2.05) is 10.6 Å². The maximum absolute atomic E-state index is 7.52. The van der Waals surface area contributed by atoms with Crippen LogP contribution in [-0.4, -0.2) is 288 Å². The summed E-state index contributed by atoms with van der Waals surface area (Å²) in [6.45, 7) is 80.5. The summed E-state index contributed by atoms with van der Waals surface area (Å²) >= 11 is 0. The smallest absolute Gasteiger partial charge is 0.157 e. The maximum atomic E-state index is 7.52. The van der Waals surface area contributed by atoms with Crippen molar-refractivity contribution in [1.82, 2.24) is 80.2 Å². The van der Waals surface area contributed by atoms with E-state index in [4.69, 9.17) is 19.9 Å². The fourth-order valence-corrected chi connectivity index (χ4v) is 24.8. The molecule has 2 N–H and O–H groups in total. The van der Waals surface area contributed by atoms with Crippen molar-refractivity contribution < 1.29 is 9.68 Å². The van der Waals surface area contributed by atoms with Crippen molar-refractivity contribution >= 4 is 11.7 Å². The molecule has 112 heavy (non-hydrogen) atoms. The number of nitrogens with zero attached hydrogens (tertiary/aromatic N) is 16. The molecule has 0 radical (unpaired) electrons. The van der Waals surface area contributed by atoms with Crippen molar-refractivity contribution in [2.45, 2.75) is 487 Å². The van der Waals surface area contributed by atoms with E-state index in [2.05, 4.69) is 360 Å². The summed E-state index contributed by atoms with van der Waals surface area (Å²) in [7, 11) is 18.8. The molecule has 0 spiro atoms. The van der Waals surface area contributed by atoms with Crippen molar-refractivity contribution in [3.8, 4) is 0 Å². The first-order valence-electron chi connectivity index (χ1n) is 44.7. The molecule has 8 saturated heterocycles. The summed E-state index contributed by atoms with van der Waals surface area (Å²) in [6, 6.07) is 1.46. The van der Waals surface area contributed by atoms with Crippen LogP contribution in [0.15, 0.2) is 34.0 Å². The number of unbranched alkanes of at least 4 members (excludes halogenated alkanes) is 3. The third-order valence-corrected chi connectivity index (χ3v) is 33.2. The zero-order chi connectivity index (χ0) is 84.2. The quantitative estimate of drug-likeness (QED) is 0.120. The Labute approximate surface area is 688 Å². The Balaban J connectivity index is 1.04. The second kappa shape index (κ2) is 30.5. The van der Waals surface area contributed by atoms with Gasteiger partial charge >= 0.3 is 0 Å². The van der Waals surface area contributed by atoms with Gasteiger partial charge in [0.05, 0.1) is 12.2 Å². The van der Waals surface area contributed by atoms with Gasteiger partial charge in [-0.2, -0.15) is 0 Å². The third-order valence-electron chi connectivity index (χ3n) is 33.2. The van der Waals surface area contributed by atoms with Crippen LogP contribution in [0.5, 0.6) is 0 Å². The van der Waals surface area contributed by atoms with Gasteiger partial charge in [-0.3, -0.25) is 39.2 Å². The highest BCUT2D eigenvalue weighted by Gasteiger charge is 2.57. The molecule has 0 aromatic rings. The molecule has 0 aromatic heterocycles. The molecule has 10 aliphatic rings. The van der Waals surface area contributed by atoms with Crippen LogP contribution < -0.4 is 10.9 Å². The van der Waals surface area contributed by atoms with Crippen molar-refractivity contribution in [3.05, 3.63) is 23.8 Å². The minimum Gasteiger partial charge on any atom is -0.354 e. The minimum absolute atomic E-state index is 0.0426. The Hall–Kier alpha value is -3.18. The summed E-state index contributed by atoms with van der Waals surface area (Å²) in [5.41, 5.74) is 7.26. The van der Waals surface area contributed by atoms with E-state index in [1.54, 1.807) is 0 Å². The molecule has 20 heteroatoms. The number of hydrogen-bond donors (Lipinski definition) is 2. The Morgan fingerprint density at radius 2 is 0.438 bits per heavy atom. The lowest BCUT2D eigenvalue weighted by molar-refractivity contribution is -0.256. The number of rotatable bonds is 19. The molecule has 10 rings (SSSR count). The second-order valence-corrected chi connectivity index (χ2v) is 48.5. The van der Waals surface area contributed by atoms with Crippen LogP contribution in [-0.2, 0) is 9.68 Å². The maximum Gasteiger partial charge on any atom is 0.157 e. The summed E-state index contributed by atoms with van der Waals surface area (Å²) in [5.74, 6) is 4.28. The minimum atomic E-state index is -0.0769. The summed E-state index contributed by atoms with van der Waals surface area (Å²) in [5, 5.41) is 15.4. The lowest BCUT2D eigenvalue weighted by Gasteiger charge is -2.60. The van der Waals surface area contributed by atoms with Gasteiger partial charge in [0, 0.05) is 150 Å². The van der Waals surface area contributed by atoms with Crippen LogP contribution in [0, 0.1) is 0 Å². The first kappa shape index (κ1) is 91.1. The van der Waals surface area contributed by atoms with E-state index in [-0.39, 0.29) is 137 Å². The fourth-order valence-electron chi connectivity index (χ4n) is 24.8. The molecule has 8 fully saturated rings. The van der Waals surface area contributed by atoms with E-state index in [9.17, 15) is 0 Å². The van der Waals surface area contributed by atoms with E-state index in [0.717, 1.165) is 165 Å². The average molecular weight is 1570 g/mol. The van der Waals surface area contributed by atoms with Gasteiger partial charge in [0.2, 0.25) is 0 Å². The number of hydrogen-bond acceptors (Lipinski definition) is 20. The zero-order valence-corrected chi connectivity index (χ0v) is 80.3. The lowest BCUT2D eigenvalue weighted by Crippen LogP contribution is -2.68. The van der Waals surface area contributed by atoms with Gasteiger partial charge in [-0.15, -0.1) is 10.2 Å². The molecule has 0 unspecified atom stereocenters. The first-order chi connectivity index (χ1) is 50.6. The molecule has 0 aliphatic carbocycles. The molecule has 0 aromatic carbocycles. The van der Waals surface area contributed by atoms with Crippen LogP contribution >= 0.6 is 0 Å². The Bertz CT molecular complexity index is 2970. The van der Waals surface area contributed by atoms with Crippen LogP contribution in [0.3, 0.4) is 0 Å². The topological polar surface area (TPSA) is 113 Å². The zero-order valence-electron chi connectivity index (χ0n) is 80.3. The Morgan fingerprint density at radius 3 is 0.625 bits per heavy atom. The highest BCUT2D eigenvalue weighted by molar-refractivity contribution is 5.95. The molecule has 0 atom stereocenters. The van der Waals surface area contributed by atoms with Gasteiger partial charge in [0.25, 0.3) is 0 Å². The summed E-state index contributed by atoms with van der Waals surface area (Å²) < 4.78 is 0. The van der Waals surface area contributed by atoms with Crippen LogP contribution in [0.2, 0.25) is 0 Å². The number of likely N-dealkylation sites (tertiary alicyclic amines) is 8.